The second-order valence-electron chi connectivity index (χ2n) is 5.47. The van der Waals surface area contributed by atoms with Crippen LogP contribution in [0, 0.1) is 18.8 Å². The molecule has 3 rings (SSSR count). The van der Waals surface area contributed by atoms with Crippen LogP contribution in [-0.2, 0) is 9.53 Å². The van der Waals surface area contributed by atoms with Gasteiger partial charge < -0.3 is 15.0 Å². The summed E-state index contributed by atoms with van der Waals surface area (Å²) >= 11 is 0. The van der Waals surface area contributed by atoms with Crippen molar-refractivity contribution < 1.29 is 9.53 Å². The lowest BCUT2D eigenvalue weighted by atomic mass is 10.2. The van der Waals surface area contributed by atoms with Crippen molar-refractivity contribution in [2.24, 2.45) is 0 Å². The maximum atomic E-state index is 12.0. The predicted octanol–water partition coefficient (Wildman–Crippen LogP) is 2.22. The molecule has 1 N–H and O–H groups in total. The molecule has 5 nitrogen and oxygen atoms in total. The minimum atomic E-state index is -0.345. The first-order valence-electron chi connectivity index (χ1n) is 7.91. The molecule has 5 heteroatoms. The number of hydrogen-bond donors (Lipinski definition) is 1. The van der Waals surface area contributed by atoms with Crippen LogP contribution in [0.25, 0.3) is 0 Å². The molecule has 1 aromatic heterocycles. The number of benzene rings is 1. The van der Waals surface area contributed by atoms with Crippen LogP contribution < -0.4 is 10.2 Å². The average molecular weight is 321 g/mol. The van der Waals surface area contributed by atoms with Crippen LogP contribution >= 0.6 is 0 Å². The van der Waals surface area contributed by atoms with Crippen molar-refractivity contribution in [1.29, 1.82) is 0 Å². The second kappa shape index (κ2) is 7.62. The molecule has 0 unspecified atom stereocenters. The third kappa shape index (κ3) is 4.12. The fourth-order valence-electron chi connectivity index (χ4n) is 2.45. The van der Waals surface area contributed by atoms with Gasteiger partial charge in [-0.05, 0) is 31.2 Å². The minimum Gasteiger partial charge on any atom is -0.378 e. The lowest BCUT2D eigenvalue weighted by molar-refractivity contribution is -0.111. The molecule has 1 fully saturated rings. The van der Waals surface area contributed by atoms with E-state index in [1.54, 1.807) is 0 Å². The third-order valence-corrected chi connectivity index (χ3v) is 3.75. The molecule has 1 aliphatic heterocycles. The molecular weight excluding hydrogens is 302 g/mol. The summed E-state index contributed by atoms with van der Waals surface area (Å²) in [5.74, 6) is 6.00. The van der Waals surface area contributed by atoms with Gasteiger partial charge in [0.25, 0.3) is 0 Å². The van der Waals surface area contributed by atoms with Crippen molar-refractivity contribution in [3.8, 4) is 11.8 Å². The van der Waals surface area contributed by atoms with E-state index in [0.717, 1.165) is 30.2 Å². The predicted molar refractivity (Wildman–Crippen MR) is 94.0 cm³/mol. The van der Waals surface area contributed by atoms with Crippen molar-refractivity contribution in [2.75, 3.05) is 36.5 Å². The van der Waals surface area contributed by atoms with Gasteiger partial charge in [0.15, 0.2) is 0 Å². The lowest BCUT2D eigenvalue weighted by Crippen LogP contribution is -2.36. The number of hydrogen-bond acceptors (Lipinski definition) is 4. The number of aromatic nitrogens is 1. The highest BCUT2D eigenvalue weighted by atomic mass is 16.5. The SMILES string of the molecule is Cc1nc(N2CCOCC2)ccc1NC(=O)C#Cc1ccccc1. The van der Waals surface area contributed by atoms with Crippen LogP contribution in [0.5, 0.6) is 0 Å². The van der Waals surface area contributed by atoms with Gasteiger partial charge in [0.2, 0.25) is 0 Å². The summed E-state index contributed by atoms with van der Waals surface area (Å²) in [5.41, 5.74) is 2.26. The Morgan fingerprint density at radius 2 is 1.92 bits per heavy atom. The molecule has 1 aliphatic rings. The summed E-state index contributed by atoms with van der Waals surface area (Å²) in [4.78, 5) is 18.7. The summed E-state index contributed by atoms with van der Waals surface area (Å²) in [5, 5.41) is 2.79. The molecule has 0 bridgehead atoms. The van der Waals surface area contributed by atoms with Crippen molar-refractivity contribution in [3.63, 3.8) is 0 Å². The van der Waals surface area contributed by atoms with Gasteiger partial charge in [0.05, 0.1) is 24.6 Å². The van der Waals surface area contributed by atoms with E-state index in [2.05, 4.69) is 27.0 Å². The number of pyridine rings is 1. The smallest absolute Gasteiger partial charge is 0.300 e. The van der Waals surface area contributed by atoms with Crippen LogP contribution in [0.1, 0.15) is 11.3 Å². The molecule has 24 heavy (non-hydrogen) atoms. The molecule has 0 radical (unpaired) electrons. The fourth-order valence-corrected chi connectivity index (χ4v) is 2.45. The maximum Gasteiger partial charge on any atom is 0.300 e. The fraction of sp³-hybridized carbons (Fsp3) is 0.263. The van der Waals surface area contributed by atoms with Crippen molar-refractivity contribution >= 4 is 17.4 Å². The van der Waals surface area contributed by atoms with Gasteiger partial charge in [-0.25, -0.2) is 4.98 Å². The summed E-state index contributed by atoms with van der Waals surface area (Å²) in [7, 11) is 0. The Kier molecular flexibility index (Phi) is 5.09. The monoisotopic (exact) mass is 321 g/mol. The Labute approximate surface area is 141 Å². The molecule has 0 aliphatic carbocycles. The summed E-state index contributed by atoms with van der Waals surface area (Å²) in [6.45, 7) is 4.98. The van der Waals surface area contributed by atoms with Gasteiger partial charge in [-0.15, -0.1) is 0 Å². The molecule has 1 aromatic carbocycles. The van der Waals surface area contributed by atoms with E-state index < -0.39 is 0 Å². The first-order valence-corrected chi connectivity index (χ1v) is 7.91. The largest absolute Gasteiger partial charge is 0.378 e. The standard InChI is InChI=1S/C19H19N3O2/c1-15-17(8-9-18(20-15)22-11-13-24-14-12-22)21-19(23)10-7-16-5-3-2-4-6-16/h2-6,8-9H,11-14H2,1H3,(H,21,23). The van der Waals surface area contributed by atoms with E-state index in [-0.39, 0.29) is 5.91 Å². The highest BCUT2D eigenvalue weighted by molar-refractivity contribution is 6.04. The summed E-state index contributed by atoms with van der Waals surface area (Å²) in [6.07, 6.45) is 0. The normalized spacial score (nSPS) is 13.8. The van der Waals surface area contributed by atoms with Crippen LogP contribution in [0.3, 0.4) is 0 Å². The zero-order chi connectivity index (χ0) is 16.8. The first kappa shape index (κ1) is 16.0. The van der Waals surface area contributed by atoms with E-state index in [1.807, 2.05) is 49.4 Å². The number of nitrogens with one attached hydrogen (secondary N) is 1. The van der Waals surface area contributed by atoms with Gasteiger partial charge in [-0.2, -0.15) is 0 Å². The van der Waals surface area contributed by atoms with Gasteiger partial charge in [-0.3, -0.25) is 4.79 Å². The van der Waals surface area contributed by atoms with E-state index in [4.69, 9.17) is 4.74 Å². The van der Waals surface area contributed by atoms with Gasteiger partial charge in [0, 0.05) is 24.6 Å². The molecule has 2 aromatic rings. The van der Waals surface area contributed by atoms with E-state index in [1.165, 1.54) is 0 Å². The minimum absolute atomic E-state index is 0.345. The van der Waals surface area contributed by atoms with Gasteiger partial charge >= 0.3 is 5.91 Å². The van der Waals surface area contributed by atoms with Gasteiger partial charge in [-0.1, -0.05) is 24.1 Å². The van der Waals surface area contributed by atoms with Gasteiger partial charge in [0.1, 0.15) is 5.82 Å². The Morgan fingerprint density at radius 1 is 1.17 bits per heavy atom. The molecule has 0 atom stereocenters. The maximum absolute atomic E-state index is 12.0. The number of carbonyl (C=O) groups is 1. The number of anilines is 2. The quantitative estimate of drug-likeness (QED) is 0.862. The molecular formula is C19H19N3O2. The number of rotatable bonds is 2. The number of amides is 1. The van der Waals surface area contributed by atoms with E-state index >= 15 is 0 Å². The van der Waals surface area contributed by atoms with Crippen molar-refractivity contribution in [1.82, 2.24) is 4.98 Å². The number of aryl methyl sites for hydroxylation is 1. The second-order valence-corrected chi connectivity index (χ2v) is 5.47. The highest BCUT2D eigenvalue weighted by Crippen LogP contribution is 2.19. The van der Waals surface area contributed by atoms with E-state index in [9.17, 15) is 4.79 Å². The molecule has 2 heterocycles. The summed E-state index contributed by atoms with van der Waals surface area (Å²) in [6, 6.07) is 13.2. The number of nitrogens with zero attached hydrogens (tertiary/aromatic N) is 2. The molecule has 0 spiro atoms. The highest BCUT2D eigenvalue weighted by Gasteiger charge is 2.13. The van der Waals surface area contributed by atoms with Crippen molar-refractivity contribution in [3.05, 3.63) is 53.7 Å². The van der Waals surface area contributed by atoms with Crippen LogP contribution in [0.15, 0.2) is 42.5 Å². The zero-order valence-corrected chi connectivity index (χ0v) is 13.6. The topological polar surface area (TPSA) is 54.5 Å². The third-order valence-electron chi connectivity index (χ3n) is 3.75. The number of ether oxygens (including phenoxy) is 1. The summed E-state index contributed by atoms with van der Waals surface area (Å²) < 4.78 is 5.35. The molecule has 1 amide bonds. The number of morpholine rings is 1. The van der Waals surface area contributed by atoms with Crippen molar-refractivity contribution in [2.45, 2.75) is 6.92 Å². The lowest BCUT2D eigenvalue weighted by Gasteiger charge is -2.28. The van der Waals surface area contributed by atoms with E-state index in [0.29, 0.717) is 18.9 Å². The molecule has 1 saturated heterocycles. The average Bonchev–Trinajstić information content (AvgIpc) is 2.63. The van der Waals surface area contributed by atoms with Crippen LogP contribution in [0.2, 0.25) is 0 Å². The Hall–Kier alpha value is -2.84. The van der Waals surface area contributed by atoms with Crippen LogP contribution in [-0.4, -0.2) is 37.2 Å². The van der Waals surface area contributed by atoms with Crippen LogP contribution in [0.4, 0.5) is 11.5 Å². The Morgan fingerprint density at radius 3 is 2.62 bits per heavy atom. The Balaban J connectivity index is 1.67. The zero-order valence-electron chi connectivity index (χ0n) is 13.6. The Bertz CT molecular complexity index is 772. The molecule has 122 valence electrons. The number of carbonyl (C=O) groups excluding carboxylic acids is 1. The first-order chi connectivity index (χ1) is 11.7. The molecule has 0 saturated carbocycles.